The lowest BCUT2D eigenvalue weighted by atomic mass is 10.0. The van der Waals surface area contributed by atoms with Crippen molar-refractivity contribution in [1.29, 1.82) is 0 Å². The molecular formula is C26H21BrO7. The Morgan fingerprint density at radius 3 is 2.18 bits per heavy atom. The summed E-state index contributed by atoms with van der Waals surface area (Å²) < 4.78 is 28.3. The molecule has 0 atom stereocenters. The number of esters is 1. The lowest BCUT2D eigenvalue weighted by molar-refractivity contribution is 0.0734. The Bertz CT molecular complexity index is 1280. The van der Waals surface area contributed by atoms with Gasteiger partial charge in [0.05, 0.1) is 32.5 Å². The monoisotopic (exact) mass is 524 g/mol. The molecule has 174 valence electrons. The second-order valence-electron chi connectivity index (χ2n) is 7.41. The first-order valence-electron chi connectivity index (χ1n) is 10.2. The molecule has 8 heteroatoms. The third-order valence-corrected chi connectivity index (χ3v) is 5.75. The Morgan fingerprint density at radius 2 is 1.59 bits per heavy atom. The number of ketones is 1. The summed E-state index contributed by atoms with van der Waals surface area (Å²) in [5.74, 6) is 1.31. The van der Waals surface area contributed by atoms with Crippen molar-refractivity contribution in [3.05, 3.63) is 81.0 Å². The van der Waals surface area contributed by atoms with Gasteiger partial charge in [-0.2, -0.15) is 0 Å². The van der Waals surface area contributed by atoms with Crippen molar-refractivity contribution < 1.29 is 33.3 Å². The highest BCUT2D eigenvalue weighted by molar-refractivity contribution is 9.10. The first-order chi connectivity index (χ1) is 16.3. The van der Waals surface area contributed by atoms with E-state index in [1.807, 2.05) is 0 Å². The fourth-order valence-corrected chi connectivity index (χ4v) is 3.89. The number of carbonyl (C=O) groups is 2. The minimum absolute atomic E-state index is 0.128. The van der Waals surface area contributed by atoms with Crippen molar-refractivity contribution in [2.24, 2.45) is 0 Å². The number of rotatable bonds is 6. The summed E-state index contributed by atoms with van der Waals surface area (Å²) in [6.07, 6.45) is 1.60. The Hall–Kier alpha value is -3.78. The van der Waals surface area contributed by atoms with Gasteiger partial charge in [-0.25, -0.2) is 4.79 Å². The summed E-state index contributed by atoms with van der Waals surface area (Å²) in [5.41, 5.74) is 2.09. The van der Waals surface area contributed by atoms with Crippen LogP contribution in [-0.4, -0.2) is 33.1 Å². The molecule has 1 aliphatic heterocycles. The van der Waals surface area contributed by atoms with Crippen molar-refractivity contribution in [3.8, 4) is 28.7 Å². The molecule has 0 radical (unpaired) electrons. The topological polar surface area (TPSA) is 80.3 Å². The zero-order valence-corrected chi connectivity index (χ0v) is 20.5. The number of benzene rings is 3. The van der Waals surface area contributed by atoms with Crippen molar-refractivity contribution in [1.82, 2.24) is 0 Å². The quantitative estimate of drug-likeness (QED) is 0.235. The van der Waals surface area contributed by atoms with Gasteiger partial charge in [0.2, 0.25) is 11.5 Å². The summed E-state index contributed by atoms with van der Waals surface area (Å²) >= 11 is 3.34. The predicted molar refractivity (Wildman–Crippen MR) is 129 cm³/mol. The third kappa shape index (κ3) is 4.49. The number of ether oxygens (including phenoxy) is 5. The van der Waals surface area contributed by atoms with E-state index in [2.05, 4.69) is 15.9 Å². The van der Waals surface area contributed by atoms with Crippen molar-refractivity contribution in [2.75, 3.05) is 21.3 Å². The standard InChI is InChI=1S/C26H21BrO7/c1-14-9-18(33-26(29)16-5-7-17(27)8-6-16)13-19-23(14)24(28)20(34-19)10-15-11-21(30-2)25(32-4)22(12-15)31-3/h5-13H,1-4H3/b20-10-. The number of methoxy groups -OCH3 is 3. The highest BCUT2D eigenvalue weighted by atomic mass is 79.9. The molecule has 0 aromatic heterocycles. The average Bonchev–Trinajstić information content (AvgIpc) is 3.13. The van der Waals surface area contributed by atoms with Crippen molar-refractivity contribution >= 4 is 33.8 Å². The van der Waals surface area contributed by atoms with E-state index >= 15 is 0 Å². The zero-order valence-electron chi connectivity index (χ0n) is 18.9. The van der Waals surface area contributed by atoms with E-state index in [1.165, 1.54) is 27.4 Å². The summed E-state index contributed by atoms with van der Waals surface area (Å²) in [6.45, 7) is 1.76. The van der Waals surface area contributed by atoms with Crippen LogP contribution in [-0.2, 0) is 0 Å². The van der Waals surface area contributed by atoms with Crippen LogP contribution in [0.4, 0.5) is 0 Å². The van der Waals surface area contributed by atoms with Gasteiger partial charge < -0.3 is 23.7 Å². The Labute approximate surface area is 205 Å². The summed E-state index contributed by atoms with van der Waals surface area (Å²) in [4.78, 5) is 25.5. The maximum Gasteiger partial charge on any atom is 0.343 e. The molecule has 0 N–H and O–H groups in total. The molecule has 7 nitrogen and oxygen atoms in total. The lowest BCUT2D eigenvalue weighted by Crippen LogP contribution is -2.08. The zero-order chi connectivity index (χ0) is 24.4. The maximum atomic E-state index is 13.0. The molecule has 34 heavy (non-hydrogen) atoms. The van der Waals surface area contributed by atoms with Crippen LogP contribution >= 0.6 is 15.9 Å². The van der Waals surface area contributed by atoms with Gasteiger partial charge in [0.1, 0.15) is 11.5 Å². The number of hydrogen-bond donors (Lipinski definition) is 0. The van der Waals surface area contributed by atoms with Gasteiger partial charge in [-0.3, -0.25) is 4.79 Å². The van der Waals surface area contributed by atoms with E-state index in [9.17, 15) is 9.59 Å². The molecule has 1 aliphatic rings. The molecule has 0 amide bonds. The highest BCUT2D eigenvalue weighted by Crippen LogP contribution is 2.41. The molecule has 3 aromatic carbocycles. The number of halogens is 1. The van der Waals surface area contributed by atoms with Gasteiger partial charge in [-0.15, -0.1) is 0 Å². The predicted octanol–water partition coefficient (Wildman–Crippen LogP) is 5.62. The van der Waals surface area contributed by atoms with Crippen LogP contribution in [0.1, 0.15) is 31.8 Å². The molecule has 1 heterocycles. The molecule has 0 aliphatic carbocycles. The van der Waals surface area contributed by atoms with Crippen LogP contribution in [0, 0.1) is 6.92 Å². The number of Topliss-reactive ketones (excluding diaryl/α,β-unsaturated/α-hetero) is 1. The minimum Gasteiger partial charge on any atom is -0.493 e. The smallest absolute Gasteiger partial charge is 0.343 e. The summed E-state index contributed by atoms with van der Waals surface area (Å²) in [7, 11) is 4.55. The third-order valence-electron chi connectivity index (χ3n) is 5.22. The summed E-state index contributed by atoms with van der Waals surface area (Å²) in [6, 6.07) is 13.4. The molecule has 0 saturated heterocycles. The molecule has 0 saturated carbocycles. The van der Waals surface area contributed by atoms with E-state index in [-0.39, 0.29) is 17.3 Å². The molecule has 0 fully saturated rings. The number of hydrogen-bond acceptors (Lipinski definition) is 7. The molecule has 0 bridgehead atoms. The van der Waals surface area contributed by atoms with Crippen LogP contribution in [0.25, 0.3) is 6.08 Å². The second-order valence-corrected chi connectivity index (χ2v) is 8.32. The first kappa shape index (κ1) is 23.4. The number of aryl methyl sites for hydroxylation is 1. The molecule has 0 unspecified atom stereocenters. The van der Waals surface area contributed by atoms with E-state index in [0.717, 1.165) is 4.47 Å². The summed E-state index contributed by atoms with van der Waals surface area (Å²) in [5, 5.41) is 0. The first-order valence-corrected chi connectivity index (χ1v) is 11.0. The van der Waals surface area contributed by atoms with E-state index in [1.54, 1.807) is 55.5 Å². The van der Waals surface area contributed by atoms with E-state index in [4.69, 9.17) is 23.7 Å². The van der Waals surface area contributed by atoms with Crippen LogP contribution in [0.5, 0.6) is 28.7 Å². The number of carbonyl (C=O) groups excluding carboxylic acids is 2. The van der Waals surface area contributed by atoms with Crippen LogP contribution < -0.4 is 23.7 Å². The molecular weight excluding hydrogens is 504 g/mol. The van der Waals surface area contributed by atoms with Crippen molar-refractivity contribution in [3.63, 3.8) is 0 Å². The Morgan fingerprint density at radius 1 is 0.941 bits per heavy atom. The van der Waals surface area contributed by atoms with Crippen LogP contribution in [0.3, 0.4) is 0 Å². The largest absolute Gasteiger partial charge is 0.493 e. The fourth-order valence-electron chi connectivity index (χ4n) is 3.62. The van der Waals surface area contributed by atoms with Gasteiger partial charge in [0.15, 0.2) is 17.3 Å². The SMILES string of the molecule is COc1cc(/C=C2\Oc3cc(OC(=O)c4ccc(Br)cc4)cc(C)c3C2=O)cc(OC)c1OC. The normalized spacial score (nSPS) is 13.3. The fraction of sp³-hybridized carbons (Fsp3) is 0.154. The van der Waals surface area contributed by atoms with E-state index < -0.39 is 5.97 Å². The molecule has 0 spiro atoms. The maximum absolute atomic E-state index is 13.0. The second kappa shape index (κ2) is 9.61. The minimum atomic E-state index is -0.510. The Kier molecular flexibility index (Phi) is 6.61. The van der Waals surface area contributed by atoms with Gasteiger partial charge in [0.25, 0.3) is 0 Å². The van der Waals surface area contributed by atoms with Gasteiger partial charge in [0, 0.05) is 10.5 Å². The highest BCUT2D eigenvalue weighted by Gasteiger charge is 2.30. The average molecular weight is 525 g/mol. The van der Waals surface area contributed by atoms with Gasteiger partial charge in [-0.1, -0.05) is 15.9 Å². The van der Waals surface area contributed by atoms with Crippen LogP contribution in [0.15, 0.2) is 58.8 Å². The lowest BCUT2D eigenvalue weighted by Gasteiger charge is -2.13. The van der Waals surface area contributed by atoms with E-state index in [0.29, 0.717) is 45.3 Å². The molecule has 4 rings (SSSR count). The van der Waals surface area contributed by atoms with Crippen molar-refractivity contribution in [2.45, 2.75) is 6.92 Å². The number of allylic oxidation sites excluding steroid dienone is 1. The number of fused-ring (bicyclic) bond motifs is 1. The molecule has 3 aromatic rings. The van der Waals surface area contributed by atoms with Gasteiger partial charge in [-0.05, 0) is 66.6 Å². The Balaban J connectivity index is 1.63. The van der Waals surface area contributed by atoms with Crippen LogP contribution in [0.2, 0.25) is 0 Å². The van der Waals surface area contributed by atoms with Gasteiger partial charge >= 0.3 is 5.97 Å².